The molecule has 2 saturated carbocycles. The Morgan fingerprint density at radius 3 is 3.00 bits per heavy atom. The van der Waals surface area contributed by atoms with Crippen LogP contribution in [0.15, 0.2) is 5.16 Å². The highest BCUT2D eigenvalue weighted by atomic mass is 32.2. The van der Waals surface area contributed by atoms with E-state index in [1.54, 1.807) is 18.8 Å². The average Bonchev–Trinajstić information content (AvgIpc) is 3.06. The third kappa shape index (κ3) is 2.78. The number of hydrogen-bond acceptors (Lipinski definition) is 6. The molecule has 1 heterocycles. The zero-order valence-electron chi connectivity index (χ0n) is 12.2. The molecule has 0 bridgehead atoms. The van der Waals surface area contributed by atoms with Gasteiger partial charge < -0.3 is 10.4 Å². The summed E-state index contributed by atoms with van der Waals surface area (Å²) in [4.78, 5) is 11.6. The summed E-state index contributed by atoms with van der Waals surface area (Å²) >= 11 is 1.64. The highest BCUT2D eigenvalue weighted by Crippen LogP contribution is 2.40. The maximum atomic E-state index is 11.6. The fraction of sp³-hybridized carbons (Fsp3) is 0.846. The molecule has 1 aromatic rings. The van der Waals surface area contributed by atoms with Gasteiger partial charge in [-0.3, -0.25) is 4.79 Å². The topological polar surface area (TPSA) is 92.9 Å². The molecule has 21 heavy (non-hydrogen) atoms. The van der Waals surface area contributed by atoms with Crippen LogP contribution in [0.25, 0.3) is 0 Å². The lowest BCUT2D eigenvalue weighted by Crippen LogP contribution is -2.53. The summed E-state index contributed by atoms with van der Waals surface area (Å²) in [6.45, 7) is 0. The van der Waals surface area contributed by atoms with Crippen LogP contribution in [0.3, 0.4) is 0 Å². The number of aliphatic carboxylic acids is 1. The van der Waals surface area contributed by atoms with Gasteiger partial charge in [0.05, 0.1) is 6.04 Å². The predicted molar refractivity (Wildman–Crippen MR) is 78.2 cm³/mol. The molecule has 2 aliphatic carbocycles. The van der Waals surface area contributed by atoms with E-state index in [0.29, 0.717) is 12.5 Å². The Morgan fingerprint density at radius 1 is 1.52 bits per heavy atom. The Balaban J connectivity index is 1.57. The van der Waals surface area contributed by atoms with Gasteiger partial charge in [0.2, 0.25) is 5.16 Å². The minimum Gasteiger partial charge on any atom is -0.480 e. The molecule has 0 amide bonds. The lowest BCUT2D eigenvalue weighted by Gasteiger charge is -2.30. The van der Waals surface area contributed by atoms with Crippen molar-refractivity contribution in [2.24, 2.45) is 5.92 Å². The lowest BCUT2D eigenvalue weighted by molar-refractivity contribution is -0.146. The third-order valence-corrected chi connectivity index (χ3v) is 5.67. The maximum absolute atomic E-state index is 11.6. The quantitative estimate of drug-likeness (QED) is 0.734. The highest BCUT2D eigenvalue weighted by Gasteiger charge is 2.47. The van der Waals surface area contributed by atoms with Crippen LogP contribution in [0.1, 0.15) is 44.6 Å². The molecule has 8 heteroatoms. The minimum absolute atomic E-state index is 0.178. The van der Waals surface area contributed by atoms with Crippen molar-refractivity contribution in [1.29, 1.82) is 0 Å². The molecular formula is C13H21N5O2S. The van der Waals surface area contributed by atoms with Crippen LogP contribution in [-0.2, 0) is 4.79 Å². The van der Waals surface area contributed by atoms with E-state index in [9.17, 15) is 9.90 Å². The maximum Gasteiger partial charge on any atom is 0.324 e. The van der Waals surface area contributed by atoms with Crippen LogP contribution < -0.4 is 5.32 Å². The van der Waals surface area contributed by atoms with E-state index in [-0.39, 0.29) is 5.92 Å². The van der Waals surface area contributed by atoms with E-state index in [1.807, 2.05) is 4.68 Å². The number of rotatable bonds is 7. The molecule has 2 aliphatic rings. The lowest BCUT2D eigenvalue weighted by atomic mass is 9.85. The van der Waals surface area contributed by atoms with Crippen LogP contribution in [-0.4, -0.2) is 49.6 Å². The molecule has 2 N–H and O–H groups in total. The monoisotopic (exact) mass is 311 g/mol. The number of aromatic nitrogens is 4. The molecular weight excluding hydrogens is 290 g/mol. The summed E-state index contributed by atoms with van der Waals surface area (Å²) in [6.07, 6.45) is 5.85. The number of hydrogen-bond donors (Lipinski definition) is 2. The third-order valence-electron chi connectivity index (χ3n) is 4.70. The van der Waals surface area contributed by atoms with Crippen molar-refractivity contribution in [2.75, 3.05) is 12.8 Å². The minimum atomic E-state index is -0.747. The second-order valence-corrected chi connectivity index (χ2v) is 6.95. The van der Waals surface area contributed by atoms with E-state index in [0.717, 1.165) is 43.0 Å². The summed E-state index contributed by atoms with van der Waals surface area (Å²) in [5, 5.41) is 25.3. The Bertz CT molecular complexity index is 518. The van der Waals surface area contributed by atoms with E-state index in [2.05, 4.69) is 20.8 Å². The Labute approximate surface area is 127 Å². The zero-order valence-corrected chi connectivity index (χ0v) is 13.0. The molecule has 0 aromatic carbocycles. The number of likely N-dealkylation sites (N-methyl/N-ethyl adjacent to an activating group) is 1. The Hall–Kier alpha value is -1.15. The number of carboxylic acid groups (broad SMARTS) is 1. The molecule has 2 unspecified atom stereocenters. The molecule has 7 nitrogen and oxygen atoms in total. The Morgan fingerprint density at radius 2 is 2.33 bits per heavy atom. The molecule has 3 rings (SSSR count). The van der Waals surface area contributed by atoms with Crippen LogP contribution in [0.4, 0.5) is 0 Å². The van der Waals surface area contributed by atoms with Gasteiger partial charge in [0.1, 0.15) is 5.54 Å². The van der Waals surface area contributed by atoms with Gasteiger partial charge in [-0.1, -0.05) is 18.2 Å². The summed E-state index contributed by atoms with van der Waals surface area (Å²) in [5.41, 5.74) is -0.747. The number of nitrogens with zero attached hydrogens (tertiary/aromatic N) is 4. The fourth-order valence-electron chi connectivity index (χ4n) is 3.31. The smallest absolute Gasteiger partial charge is 0.324 e. The number of thioether (sulfide) groups is 1. The predicted octanol–water partition coefficient (Wildman–Crippen LogP) is 1.33. The molecule has 116 valence electrons. The first kappa shape index (κ1) is 14.8. The number of carboxylic acids is 1. The van der Waals surface area contributed by atoms with E-state index < -0.39 is 11.5 Å². The van der Waals surface area contributed by atoms with Gasteiger partial charge >= 0.3 is 5.97 Å². The van der Waals surface area contributed by atoms with Gasteiger partial charge in [0.15, 0.2) is 0 Å². The number of nitrogens with one attached hydrogen (secondary N) is 1. The van der Waals surface area contributed by atoms with E-state index >= 15 is 0 Å². The first-order chi connectivity index (χ1) is 10.2. The molecule has 0 saturated heterocycles. The molecule has 2 atom stereocenters. The van der Waals surface area contributed by atoms with Crippen molar-refractivity contribution >= 4 is 17.7 Å². The van der Waals surface area contributed by atoms with Crippen molar-refractivity contribution < 1.29 is 9.90 Å². The molecule has 0 radical (unpaired) electrons. The van der Waals surface area contributed by atoms with Crippen molar-refractivity contribution in [3.05, 3.63) is 0 Å². The van der Waals surface area contributed by atoms with Gasteiger partial charge in [-0.25, -0.2) is 4.68 Å². The van der Waals surface area contributed by atoms with Crippen LogP contribution >= 0.6 is 11.8 Å². The summed E-state index contributed by atoms with van der Waals surface area (Å²) in [7, 11) is 1.76. The number of carbonyl (C=O) groups is 1. The van der Waals surface area contributed by atoms with Gasteiger partial charge in [0.25, 0.3) is 0 Å². The molecule has 0 spiro atoms. The van der Waals surface area contributed by atoms with E-state index in [1.165, 1.54) is 0 Å². The largest absolute Gasteiger partial charge is 0.480 e. The van der Waals surface area contributed by atoms with Crippen LogP contribution in [0.2, 0.25) is 0 Å². The fourth-order valence-corrected chi connectivity index (χ4v) is 4.30. The normalized spacial score (nSPS) is 28.9. The summed E-state index contributed by atoms with van der Waals surface area (Å²) in [6, 6.07) is 0.476. The Kier molecular flexibility index (Phi) is 4.17. The van der Waals surface area contributed by atoms with Crippen LogP contribution in [0, 0.1) is 5.92 Å². The molecule has 2 fully saturated rings. The first-order valence-corrected chi connectivity index (χ1v) is 8.49. The molecule has 0 aliphatic heterocycles. The van der Waals surface area contributed by atoms with E-state index in [4.69, 9.17) is 0 Å². The van der Waals surface area contributed by atoms with Gasteiger partial charge in [-0.05, 0) is 55.5 Å². The van der Waals surface area contributed by atoms with Gasteiger partial charge in [0, 0.05) is 5.75 Å². The SMILES string of the molecule is CNC1(C(=O)O)CCCC1CCSc1nnnn1C1CC1. The highest BCUT2D eigenvalue weighted by molar-refractivity contribution is 7.99. The zero-order chi connectivity index (χ0) is 14.9. The van der Waals surface area contributed by atoms with Crippen LogP contribution in [0.5, 0.6) is 0 Å². The first-order valence-electron chi connectivity index (χ1n) is 7.50. The summed E-state index contributed by atoms with van der Waals surface area (Å²) < 4.78 is 1.90. The summed E-state index contributed by atoms with van der Waals surface area (Å²) in [5.74, 6) is 0.312. The number of tetrazole rings is 1. The average molecular weight is 311 g/mol. The van der Waals surface area contributed by atoms with Gasteiger partial charge in [-0.15, -0.1) is 5.10 Å². The standard InChI is InChI=1S/C13H21N5O2S/c1-14-13(11(19)20)7-2-3-9(13)6-8-21-12-15-16-17-18(12)10-4-5-10/h9-10,14H,2-8H2,1H3,(H,19,20). The van der Waals surface area contributed by atoms with Gasteiger partial charge in [-0.2, -0.15) is 0 Å². The second kappa shape index (κ2) is 5.92. The second-order valence-electron chi connectivity index (χ2n) is 5.89. The molecule has 1 aromatic heterocycles. The van der Waals surface area contributed by atoms with Crippen molar-refractivity contribution in [3.63, 3.8) is 0 Å². The van der Waals surface area contributed by atoms with Crippen molar-refractivity contribution in [1.82, 2.24) is 25.5 Å². The van der Waals surface area contributed by atoms with Crippen molar-refractivity contribution in [2.45, 2.75) is 55.3 Å². The van der Waals surface area contributed by atoms with Crippen molar-refractivity contribution in [3.8, 4) is 0 Å².